The van der Waals surface area contributed by atoms with Gasteiger partial charge in [-0.05, 0) is 35.2 Å². The van der Waals surface area contributed by atoms with Crippen LogP contribution in [0.1, 0.15) is 15.9 Å². The molecule has 1 aromatic carbocycles. The molecule has 4 nitrogen and oxygen atoms in total. The summed E-state index contributed by atoms with van der Waals surface area (Å²) >= 11 is 2.93. The van der Waals surface area contributed by atoms with Crippen LogP contribution < -0.4 is 10.1 Å². The summed E-state index contributed by atoms with van der Waals surface area (Å²) in [6.07, 6.45) is 0.940. The van der Waals surface area contributed by atoms with E-state index in [0.717, 1.165) is 30.0 Å². The maximum atomic E-state index is 12.0. The van der Waals surface area contributed by atoms with E-state index >= 15 is 0 Å². The smallest absolute Gasteiger partial charge is 0.258 e. The van der Waals surface area contributed by atoms with Gasteiger partial charge in [0.2, 0.25) is 0 Å². The molecule has 110 valence electrons. The zero-order valence-corrected chi connectivity index (χ0v) is 13.2. The molecule has 1 N–H and O–H groups in total. The normalized spacial score (nSPS) is 12.7. The van der Waals surface area contributed by atoms with Crippen molar-refractivity contribution >= 4 is 33.7 Å². The number of nitrogens with one attached hydrogen (secondary N) is 1. The fourth-order valence-electron chi connectivity index (χ4n) is 2.37. The highest BCUT2D eigenvalue weighted by molar-refractivity contribution is 7.14. The van der Waals surface area contributed by atoms with E-state index in [1.807, 2.05) is 28.3 Å². The van der Waals surface area contributed by atoms with Crippen LogP contribution in [0.15, 0.2) is 40.4 Å². The van der Waals surface area contributed by atoms with Crippen LogP contribution in [0.25, 0.3) is 11.3 Å². The van der Waals surface area contributed by atoms with E-state index in [2.05, 4.69) is 16.4 Å². The molecule has 1 amide bonds. The lowest BCUT2D eigenvalue weighted by molar-refractivity contribution is 0.102. The second-order valence-corrected chi connectivity index (χ2v) is 6.56. The second-order valence-electron chi connectivity index (χ2n) is 4.93. The van der Waals surface area contributed by atoms with Gasteiger partial charge in [0.25, 0.3) is 5.91 Å². The number of anilines is 1. The summed E-state index contributed by atoms with van der Waals surface area (Å²) in [6.45, 7) is 0.748. The Morgan fingerprint density at radius 3 is 3.09 bits per heavy atom. The zero-order chi connectivity index (χ0) is 14.9. The van der Waals surface area contributed by atoms with Gasteiger partial charge in [-0.2, -0.15) is 11.3 Å². The summed E-state index contributed by atoms with van der Waals surface area (Å²) in [5.41, 5.74) is 3.81. The van der Waals surface area contributed by atoms with E-state index in [1.165, 1.54) is 28.2 Å². The predicted molar refractivity (Wildman–Crippen MR) is 89.0 cm³/mol. The van der Waals surface area contributed by atoms with Gasteiger partial charge in [-0.1, -0.05) is 0 Å². The summed E-state index contributed by atoms with van der Waals surface area (Å²) in [4.78, 5) is 16.5. The molecule has 1 aliphatic rings. The highest BCUT2D eigenvalue weighted by Gasteiger charge is 2.14. The maximum absolute atomic E-state index is 12.0. The molecule has 2 aromatic heterocycles. The van der Waals surface area contributed by atoms with Crippen LogP contribution in [0.2, 0.25) is 0 Å². The Balaban J connectivity index is 1.55. The fraction of sp³-hybridized carbons (Fsp3) is 0.125. The highest BCUT2D eigenvalue weighted by atomic mass is 32.1. The summed E-state index contributed by atoms with van der Waals surface area (Å²) in [5.74, 6) is 0.842. The molecule has 3 aromatic rings. The quantitative estimate of drug-likeness (QED) is 0.789. The Morgan fingerprint density at radius 1 is 1.27 bits per heavy atom. The van der Waals surface area contributed by atoms with Crippen molar-refractivity contribution in [2.45, 2.75) is 6.42 Å². The van der Waals surface area contributed by atoms with Gasteiger partial charge < -0.3 is 4.74 Å². The molecule has 0 spiro atoms. The number of carbonyl (C=O) groups excluding carboxylic acids is 1. The van der Waals surface area contributed by atoms with Gasteiger partial charge in [0, 0.05) is 22.7 Å². The van der Waals surface area contributed by atoms with Gasteiger partial charge in [0.15, 0.2) is 5.13 Å². The number of ether oxygens (including phenoxy) is 1. The topological polar surface area (TPSA) is 51.2 Å². The molecule has 0 saturated heterocycles. The summed E-state index contributed by atoms with van der Waals surface area (Å²) in [7, 11) is 0. The van der Waals surface area contributed by atoms with E-state index in [0.29, 0.717) is 10.7 Å². The summed E-state index contributed by atoms with van der Waals surface area (Å²) in [6, 6.07) is 7.90. The number of thiophene rings is 1. The minimum absolute atomic E-state index is 0.121. The van der Waals surface area contributed by atoms with Gasteiger partial charge in [-0.15, -0.1) is 11.3 Å². The molecule has 0 unspecified atom stereocenters. The lowest BCUT2D eigenvalue weighted by Gasteiger charge is -2.01. The molecule has 0 bridgehead atoms. The minimum Gasteiger partial charge on any atom is -0.493 e. The predicted octanol–water partition coefficient (Wildman–Crippen LogP) is 4.06. The van der Waals surface area contributed by atoms with E-state index < -0.39 is 0 Å². The van der Waals surface area contributed by atoms with Crippen molar-refractivity contribution in [3.8, 4) is 17.0 Å². The van der Waals surface area contributed by atoms with Crippen molar-refractivity contribution in [1.82, 2.24) is 4.98 Å². The number of benzene rings is 1. The van der Waals surface area contributed by atoms with E-state index in [9.17, 15) is 4.79 Å². The average molecular weight is 328 g/mol. The first-order chi connectivity index (χ1) is 10.8. The Bertz CT molecular complexity index is 825. The molecule has 0 atom stereocenters. The Kier molecular flexibility index (Phi) is 3.40. The lowest BCUT2D eigenvalue weighted by atomic mass is 10.1. The van der Waals surface area contributed by atoms with Crippen molar-refractivity contribution in [1.29, 1.82) is 0 Å². The van der Waals surface area contributed by atoms with E-state index in [-0.39, 0.29) is 5.91 Å². The maximum Gasteiger partial charge on any atom is 0.258 e. The van der Waals surface area contributed by atoms with Gasteiger partial charge in [-0.25, -0.2) is 4.98 Å². The van der Waals surface area contributed by atoms with Crippen molar-refractivity contribution in [3.63, 3.8) is 0 Å². The molecular formula is C16H12N2O2S2. The molecule has 0 saturated carbocycles. The van der Waals surface area contributed by atoms with Crippen LogP contribution in [-0.4, -0.2) is 17.5 Å². The van der Waals surface area contributed by atoms with Crippen LogP contribution in [0, 0.1) is 0 Å². The first-order valence-corrected chi connectivity index (χ1v) is 8.67. The Morgan fingerprint density at radius 2 is 2.23 bits per heavy atom. The van der Waals surface area contributed by atoms with Crippen molar-refractivity contribution in [3.05, 3.63) is 51.5 Å². The molecular weight excluding hydrogens is 316 g/mol. The molecule has 6 heteroatoms. The molecule has 0 aliphatic carbocycles. The Hall–Kier alpha value is -2.18. The van der Waals surface area contributed by atoms with Crippen LogP contribution >= 0.6 is 22.7 Å². The van der Waals surface area contributed by atoms with Crippen LogP contribution in [0.4, 0.5) is 5.13 Å². The van der Waals surface area contributed by atoms with E-state index in [1.54, 1.807) is 6.07 Å². The Labute approximate surface area is 135 Å². The van der Waals surface area contributed by atoms with Crippen molar-refractivity contribution in [2.24, 2.45) is 0 Å². The number of rotatable bonds is 3. The summed E-state index contributed by atoms with van der Waals surface area (Å²) < 4.78 is 5.51. The van der Waals surface area contributed by atoms with Gasteiger partial charge in [-0.3, -0.25) is 10.1 Å². The standard InChI is InChI=1S/C16H12N2O2S2/c19-15(12-4-6-21-8-12)18-16-17-13(9-22-16)10-1-2-14-11(7-10)3-5-20-14/h1-2,4,6-9H,3,5H2,(H,17,18,19). The molecule has 1 aliphatic heterocycles. The third kappa shape index (κ3) is 2.51. The number of aromatic nitrogens is 1. The third-order valence-electron chi connectivity index (χ3n) is 3.49. The second kappa shape index (κ2) is 5.55. The van der Waals surface area contributed by atoms with Crippen LogP contribution in [0.5, 0.6) is 5.75 Å². The molecule has 22 heavy (non-hydrogen) atoms. The molecule has 3 heterocycles. The first kappa shape index (κ1) is 13.5. The fourth-order valence-corrected chi connectivity index (χ4v) is 3.72. The molecule has 0 radical (unpaired) electrons. The number of fused-ring (bicyclic) bond motifs is 1. The minimum atomic E-state index is -0.121. The van der Waals surface area contributed by atoms with Gasteiger partial charge in [0.05, 0.1) is 17.9 Å². The number of amides is 1. The summed E-state index contributed by atoms with van der Waals surface area (Å²) in [5, 5.41) is 9.12. The first-order valence-electron chi connectivity index (χ1n) is 6.85. The van der Waals surface area contributed by atoms with E-state index in [4.69, 9.17) is 4.74 Å². The number of carbonyl (C=O) groups is 1. The lowest BCUT2D eigenvalue weighted by Crippen LogP contribution is -2.10. The number of hydrogen-bond donors (Lipinski definition) is 1. The number of nitrogens with zero attached hydrogens (tertiary/aromatic N) is 1. The molecule has 4 rings (SSSR count). The van der Waals surface area contributed by atoms with Gasteiger partial charge >= 0.3 is 0 Å². The third-order valence-corrected chi connectivity index (χ3v) is 4.93. The van der Waals surface area contributed by atoms with Crippen molar-refractivity contribution in [2.75, 3.05) is 11.9 Å². The highest BCUT2D eigenvalue weighted by Crippen LogP contribution is 2.32. The SMILES string of the molecule is O=C(Nc1nc(-c2ccc3c(c2)CCO3)cs1)c1ccsc1. The van der Waals surface area contributed by atoms with Crippen LogP contribution in [0.3, 0.4) is 0 Å². The van der Waals surface area contributed by atoms with Crippen LogP contribution in [-0.2, 0) is 6.42 Å². The molecule has 0 fully saturated rings. The van der Waals surface area contributed by atoms with Gasteiger partial charge in [0.1, 0.15) is 5.75 Å². The zero-order valence-electron chi connectivity index (χ0n) is 11.5. The number of thiazole rings is 1. The largest absolute Gasteiger partial charge is 0.493 e. The average Bonchev–Trinajstić information content (AvgIpc) is 3.27. The van der Waals surface area contributed by atoms with Crippen molar-refractivity contribution < 1.29 is 9.53 Å². The number of hydrogen-bond acceptors (Lipinski definition) is 5. The monoisotopic (exact) mass is 328 g/mol.